The summed E-state index contributed by atoms with van der Waals surface area (Å²) in [5.74, 6) is -0.00927. The van der Waals surface area contributed by atoms with E-state index >= 15 is 0 Å². The number of nitrogens with one attached hydrogen (secondary N) is 1. The average molecular weight is 263 g/mol. The molecule has 1 aromatic carbocycles. The second kappa shape index (κ2) is 5.46. The third-order valence-electron chi connectivity index (χ3n) is 2.22. The number of benzene rings is 1. The van der Waals surface area contributed by atoms with Gasteiger partial charge in [0.05, 0.1) is 6.42 Å². The molecule has 0 aliphatic carbocycles. The fourth-order valence-corrected chi connectivity index (χ4v) is 1.52. The minimum Gasteiger partial charge on any atom is -0.399 e. The predicted octanol–water partition coefficient (Wildman–Crippen LogP) is 1.89. The highest BCUT2D eigenvalue weighted by molar-refractivity contribution is 6.29. The van der Waals surface area contributed by atoms with Gasteiger partial charge in [-0.15, -0.1) is 0 Å². The number of amides is 1. The Labute approximate surface area is 109 Å². The van der Waals surface area contributed by atoms with E-state index in [1.807, 2.05) is 0 Å². The monoisotopic (exact) mass is 262 g/mol. The number of nitrogens with zero attached hydrogens (tertiary/aromatic N) is 2. The molecule has 18 heavy (non-hydrogen) atoms. The lowest BCUT2D eigenvalue weighted by Gasteiger charge is -2.04. The summed E-state index contributed by atoms with van der Waals surface area (Å²) in [6.07, 6.45) is 1.71. The Hall–Kier alpha value is -2.14. The first-order valence-electron chi connectivity index (χ1n) is 5.26. The van der Waals surface area contributed by atoms with Crippen molar-refractivity contribution in [1.29, 1.82) is 0 Å². The van der Waals surface area contributed by atoms with E-state index in [2.05, 4.69) is 15.3 Å². The van der Waals surface area contributed by atoms with Gasteiger partial charge in [0.15, 0.2) is 0 Å². The highest BCUT2D eigenvalue weighted by atomic mass is 35.5. The van der Waals surface area contributed by atoms with Gasteiger partial charge in [-0.1, -0.05) is 23.7 Å². The first-order chi connectivity index (χ1) is 8.63. The number of hydrogen-bond acceptors (Lipinski definition) is 4. The largest absolute Gasteiger partial charge is 0.399 e. The maximum absolute atomic E-state index is 11.7. The van der Waals surface area contributed by atoms with Crippen molar-refractivity contribution < 1.29 is 4.79 Å². The Bertz CT molecular complexity index is 556. The van der Waals surface area contributed by atoms with Crippen LogP contribution in [0.4, 0.5) is 11.6 Å². The lowest BCUT2D eigenvalue weighted by Crippen LogP contribution is -2.16. The standard InChI is InChI=1S/C12H11ClN4O/c13-10-5-6-15-12(16-10)17-11(18)7-8-1-3-9(14)4-2-8/h1-6H,7,14H2,(H,15,16,17,18). The van der Waals surface area contributed by atoms with E-state index in [1.54, 1.807) is 24.3 Å². The number of hydrogen-bond donors (Lipinski definition) is 2. The molecular formula is C12H11ClN4O. The topological polar surface area (TPSA) is 80.9 Å². The average Bonchev–Trinajstić information content (AvgIpc) is 2.32. The molecule has 0 unspecified atom stereocenters. The zero-order valence-corrected chi connectivity index (χ0v) is 10.2. The first kappa shape index (κ1) is 12.3. The van der Waals surface area contributed by atoms with Crippen LogP contribution in [0.1, 0.15) is 5.56 Å². The Morgan fingerprint density at radius 3 is 2.67 bits per heavy atom. The molecule has 2 rings (SSSR count). The zero-order chi connectivity index (χ0) is 13.0. The van der Waals surface area contributed by atoms with Crippen LogP contribution in [-0.4, -0.2) is 15.9 Å². The van der Waals surface area contributed by atoms with E-state index in [-0.39, 0.29) is 23.4 Å². The Balaban J connectivity index is 1.98. The Morgan fingerprint density at radius 1 is 1.28 bits per heavy atom. The summed E-state index contributed by atoms with van der Waals surface area (Å²) in [5, 5.41) is 2.85. The molecule has 1 amide bonds. The number of carbonyl (C=O) groups is 1. The summed E-state index contributed by atoms with van der Waals surface area (Å²) >= 11 is 5.69. The van der Waals surface area contributed by atoms with Gasteiger partial charge in [-0.25, -0.2) is 9.97 Å². The van der Waals surface area contributed by atoms with Crippen LogP contribution in [0.5, 0.6) is 0 Å². The van der Waals surface area contributed by atoms with Gasteiger partial charge < -0.3 is 5.73 Å². The van der Waals surface area contributed by atoms with Crippen LogP contribution in [0.15, 0.2) is 36.5 Å². The van der Waals surface area contributed by atoms with Crippen molar-refractivity contribution in [2.24, 2.45) is 0 Å². The van der Waals surface area contributed by atoms with Crippen LogP contribution in [0.25, 0.3) is 0 Å². The lowest BCUT2D eigenvalue weighted by atomic mass is 10.1. The van der Waals surface area contributed by atoms with E-state index in [1.165, 1.54) is 12.3 Å². The van der Waals surface area contributed by atoms with Crippen LogP contribution in [0, 0.1) is 0 Å². The summed E-state index contributed by atoms with van der Waals surface area (Å²) in [5.41, 5.74) is 7.09. The Morgan fingerprint density at radius 2 is 2.00 bits per heavy atom. The molecule has 92 valence electrons. The maximum Gasteiger partial charge on any atom is 0.231 e. The van der Waals surface area contributed by atoms with Crippen molar-refractivity contribution in [3.05, 3.63) is 47.2 Å². The second-order valence-electron chi connectivity index (χ2n) is 3.67. The third-order valence-corrected chi connectivity index (χ3v) is 2.43. The summed E-state index contributed by atoms with van der Waals surface area (Å²) in [4.78, 5) is 19.5. The molecule has 5 nitrogen and oxygen atoms in total. The Kier molecular flexibility index (Phi) is 3.74. The fourth-order valence-electron chi connectivity index (χ4n) is 1.39. The predicted molar refractivity (Wildman–Crippen MR) is 70.2 cm³/mol. The number of nitrogens with two attached hydrogens (primary N) is 1. The first-order valence-corrected chi connectivity index (χ1v) is 5.64. The molecule has 0 aliphatic rings. The molecule has 6 heteroatoms. The van der Waals surface area contributed by atoms with Crippen molar-refractivity contribution >= 4 is 29.1 Å². The van der Waals surface area contributed by atoms with E-state index < -0.39 is 0 Å². The highest BCUT2D eigenvalue weighted by Gasteiger charge is 2.06. The number of halogens is 1. The summed E-state index contributed by atoms with van der Waals surface area (Å²) in [6.45, 7) is 0. The molecule has 1 aromatic heterocycles. The van der Waals surface area contributed by atoms with E-state index in [0.717, 1.165) is 5.56 Å². The van der Waals surface area contributed by atoms with Crippen molar-refractivity contribution in [3.63, 3.8) is 0 Å². The van der Waals surface area contributed by atoms with Crippen LogP contribution >= 0.6 is 11.6 Å². The van der Waals surface area contributed by atoms with E-state index in [0.29, 0.717) is 5.69 Å². The van der Waals surface area contributed by atoms with Crippen LogP contribution < -0.4 is 11.1 Å². The summed E-state index contributed by atoms with van der Waals surface area (Å²) in [7, 11) is 0. The summed E-state index contributed by atoms with van der Waals surface area (Å²) in [6, 6.07) is 8.63. The smallest absolute Gasteiger partial charge is 0.231 e. The van der Waals surface area contributed by atoms with Gasteiger partial charge in [0, 0.05) is 11.9 Å². The summed E-state index contributed by atoms with van der Waals surface area (Å²) < 4.78 is 0. The number of anilines is 2. The molecule has 3 N–H and O–H groups in total. The molecule has 0 spiro atoms. The minimum absolute atomic E-state index is 0.197. The highest BCUT2D eigenvalue weighted by Crippen LogP contribution is 2.08. The molecule has 0 atom stereocenters. The number of aromatic nitrogens is 2. The van der Waals surface area contributed by atoms with Gasteiger partial charge >= 0.3 is 0 Å². The zero-order valence-electron chi connectivity index (χ0n) is 9.43. The molecule has 2 aromatic rings. The SMILES string of the molecule is Nc1ccc(CC(=O)Nc2nccc(Cl)n2)cc1. The van der Waals surface area contributed by atoms with Crippen molar-refractivity contribution in [2.75, 3.05) is 11.1 Å². The van der Waals surface area contributed by atoms with Gasteiger partial charge in [-0.3, -0.25) is 10.1 Å². The van der Waals surface area contributed by atoms with Crippen molar-refractivity contribution in [1.82, 2.24) is 9.97 Å². The lowest BCUT2D eigenvalue weighted by molar-refractivity contribution is -0.115. The van der Waals surface area contributed by atoms with Gasteiger partial charge in [0.2, 0.25) is 11.9 Å². The quantitative estimate of drug-likeness (QED) is 0.654. The molecule has 0 aliphatic heterocycles. The normalized spacial score (nSPS) is 10.1. The minimum atomic E-state index is -0.206. The molecule has 0 radical (unpaired) electrons. The molecule has 0 bridgehead atoms. The second-order valence-corrected chi connectivity index (χ2v) is 4.06. The van der Waals surface area contributed by atoms with E-state index in [9.17, 15) is 4.79 Å². The van der Waals surface area contributed by atoms with Crippen LogP contribution in [0.3, 0.4) is 0 Å². The molecular weight excluding hydrogens is 252 g/mol. The number of carbonyl (C=O) groups excluding carboxylic acids is 1. The van der Waals surface area contributed by atoms with E-state index in [4.69, 9.17) is 17.3 Å². The van der Waals surface area contributed by atoms with Crippen LogP contribution in [-0.2, 0) is 11.2 Å². The van der Waals surface area contributed by atoms with Crippen molar-refractivity contribution in [3.8, 4) is 0 Å². The number of nitrogen functional groups attached to an aromatic ring is 1. The molecule has 0 fully saturated rings. The van der Waals surface area contributed by atoms with Crippen LogP contribution in [0.2, 0.25) is 5.15 Å². The molecule has 0 saturated carbocycles. The van der Waals surface area contributed by atoms with Gasteiger partial charge in [-0.2, -0.15) is 0 Å². The van der Waals surface area contributed by atoms with Crippen molar-refractivity contribution in [2.45, 2.75) is 6.42 Å². The molecule has 1 heterocycles. The van der Waals surface area contributed by atoms with Gasteiger partial charge in [-0.05, 0) is 23.8 Å². The van der Waals surface area contributed by atoms with Gasteiger partial charge in [0.1, 0.15) is 5.15 Å². The third kappa shape index (κ3) is 3.43. The number of rotatable bonds is 3. The maximum atomic E-state index is 11.7. The fraction of sp³-hybridized carbons (Fsp3) is 0.0833. The van der Waals surface area contributed by atoms with Gasteiger partial charge in [0.25, 0.3) is 0 Å². The molecule has 0 saturated heterocycles.